The first kappa shape index (κ1) is 29.3. The zero-order valence-electron chi connectivity index (χ0n) is 22.3. The molecule has 214 valence electrons. The second-order valence-corrected chi connectivity index (χ2v) is 15.5. The Morgan fingerprint density at radius 2 is 1.92 bits per heavy atom. The number of rotatable bonds is 8. The largest absolute Gasteiger partial charge is 0.326 e. The summed E-state index contributed by atoms with van der Waals surface area (Å²) in [5.41, 5.74) is 2.90. The molecule has 0 bridgehead atoms. The van der Waals surface area contributed by atoms with E-state index in [0.717, 1.165) is 74.6 Å². The minimum absolute atomic E-state index is 0.0368. The third-order valence-corrected chi connectivity index (χ3v) is 11.3. The molecule has 1 amide bonds. The predicted molar refractivity (Wildman–Crippen MR) is 164 cm³/mol. The summed E-state index contributed by atoms with van der Waals surface area (Å²) < 4.78 is 46.1. The third-order valence-electron chi connectivity index (χ3n) is 8.92. The van der Waals surface area contributed by atoms with E-state index in [0.29, 0.717) is 23.8 Å². The molecule has 0 heterocycles. The highest BCUT2D eigenvalue weighted by atomic mass is 127. The molecule has 3 N–H and O–H groups in total. The molecule has 0 fully saturated rings. The van der Waals surface area contributed by atoms with Gasteiger partial charge in [0.1, 0.15) is 0 Å². The summed E-state index contributed by atoms with van der Waals surface area (Å²) >= 11 is 1.17. The van der Waals surface area contributed by atoms with Crippen LogP contribution in [-0.2, 0) is 4.79 Å². The lowest BCUT2D eigenvalue weighted by Gasteiger charge is -2.36. The fourth-order valence-electron chi connectivity index (χ4n) is 6.99. The Morgan fingerprint density at radius 1 is 1.10 bits per heavy atom. The van der Waals surface area contributed by atoms with Crippen LogP contribution in [0, 0.1) is 29.6 Å². The van der Waals surface area contributed by atoms with Crippen LogP contribution in [0.1, 0.15) is 64.2 Å². The maximum Gasteiger partial charge on any atom is 0.321 e. The van der Waals surface area contributed by atoms with Crippen LogP contribution in [0.15, 0.2) is 71.0 Å². The van der Waals surface area contributed by atoms with Gasteiger partial charge in [0.05, 0.1) is 5.75 Å². The van der Waals surface area contributed by atoms with Crippen LogP contribution in [0.25, 0.3) is 0 Å². The molecule has 0 saturated heterocycles. The molecule has 0 spiro atoms. The van der Waals surface area contributed by atoms with Gasteiger partial charge in [-0.1, -0.05) is 54.2 Å². The number of halogens is 3. The Hall–Kier alpha value is -1.23. The van der Waals surface area contributed by atoms with Gasteiger partial charge >= 0.3 is 3.93 Å². The van der Waals surface area contributed by atoms with E-state index >= 15 is 0 Å². The van der Waals surface area contributed by atoms with Gasteiger partial charge in [-0.2, -0.15) is 19.4 Å². The van der Waals surface area contributed by atoms with Gasteiger partial charge in [0.15, 0.2) is 0 Å². The highest BCUT2D eigenvalue weighted by Gasteiger charge is 2.35. The first-order valence-corrected chi connectivity index (χ1v) is 17.3. The van der Waals surface area contributed by atoms with Crippen molar-refractivity contribution in [1.82, 2.24) is 5.32 Å². The minimum atomic E-state index is -2.87. The Balaban J connectivity index is 1.20. The number of carbonyl (C=O) groups excluding carboxylic acids is 1. The highest BCUT2D eigenvalue weighted by Crippen LogP contribution is 2.49. The monoisotopic (exact) mass is 671 g/mol. The standard InChI is InChI=1S/C31H40F2INO3S/c32-31(33,34)26-13-10-23(11-14-26)28-8-4-5-9-29(28)30(36)35-27-15-12-24-16-22(17-25(24)18-27)20-39(37,38)19-21-6-2-1-3-7-21/h2,6,9-10,13-14,17-18,21,23-25,28,37-38H,1,3-5,7-8,11-12,15-16,19-20H2,(H,35,36)/t21?,23-,24?,25?,28?/m1/s1. The number of hydrogen-bond acceptors (Lipinski definition) is 3. The van der Waals surface area contributed by atoms with Gasteiger partial charge in [0, 0.05) is 51.1 Å². The molecule has 4 nitrogen and oxygen atoms in total. The van der Waals surface area contributed by atoms with Crippen molar-refractivity contribution >= 4 is 39.1 Å². The molecule has 0 aromatic carbocycles. The molecule has 0 saturated carbocycles. The molecular formula is C31H40F2INO3S. The van der Waals surface area contributed by atoms with E-state index in [-0.39, 0.29) is 35.2 Å². The van der Waals surface area contributed by atoms with Crippen LogP contribution >= 0.6 is 33.2 Å². The quantitative estimate of drug-likeness (QED) is 0.137. The van der Waals surface area contributed by atoms with Crippen LogP contribution in [0.2, 0.25) is 0 Å². The SMILES string of the molecule is O=C(NC1=CC2C=C(CS(O)(O)CC3C=CCCC3)CC2CC1)C1=CCCCC1[C@@H]1C=CC(C(F)(F)I)=CC1. The summed E-state index contributed by atoms with van der Waals surface area (Å²) in [5, 5.41) is 3.18. The van der Waals surface area contributed by atoms with E-state index in [1.165, 1.54) is 28.7 Å². The molecule has 0 aromatic rings. The zero-order valence-corrected chi connectivity index (χ0v) is 25.3. The lowest BCUT2D eigenvalue weighted by molar-refractivity contribution is -0.117. The second kappa shape index (κ2) is 12.3. The average molecular weight is 672 g/mol. The number of alkyl halides is 3. The Labute approximate surface area is 246 Å². The molecule has 5 aliphatic carbocycles. The predicted octanol–water partition coefficient (Wildman–Crippen LogP) is 8.71. The van der Waals surface area contributed by atoms with Crippen molar-refractivity contribution < 1.29 is 22.7 Å². The van der Waals surface area contributed by atoms with E-state index in [9.17, 15) is 22.7 Å². The maximum absolute atomic E-state index is 13.7. The lowest BCUT2D eigenvalue weighted by Crippen LogP contribution is -2.33. The molecule has 5 atom stereocenters. The van der Waals surface area contributed by atoms with Gasteiger partial charge in [-0.25, -0.2) is 0 Å². The maximum atomic E-state index is 13.7. The fraction of sp³-hybridized carbons (Fsp3) is 0.581. The summed E-state index contributed by atoms with van der Waals surface area (Å²) in [5.74, 6) is 1.78. The van der Waals surface area contributed by atoms with Gasteiger partial charge in [-0.15, -0.1) is 0 Å². The number of allylic oxidation sites excluding steroid dienone is 10. The number of carbonyl (C=O) groups is 1. The first-order valence-electron chi connectivity index (χ1n) is 14.3. The molecule has 0 radical (unpaired) electrons. The number of fused-ring (bicyclic) bond motifs is 1. The van der Waals surface area contributed by atoms with Crippen LogP contribution in [-0.4, -0.2) is 30.4 Å². The summed E-state index contributed by atoms with van der Waals surface area (Å²) in [6.45, 7) is 0. The summed E-state index contributed by atoms with van der Waals surface area (Å²) in [4.78, 5) is 13.4. The van der Waals surface area contributed by atoms with Crippen molar-refractivity contribution in [1.29, 1.82) is 0 Å². The van der Waals surface area contributed by atoms with E-state index in [1.807, 2.05) is 12.2 Å². The van der Waals surface area contributed by atoms with Crippen LogP contribution in [0.5, 0.6) is 0 Å². The Bertz CT molecular complexity index is 1130. The summed E-state index contributed by atoms with van der Waals surface area (Å²) in [6, 6.07) is 0. The average Bonchev–Trinajstić information content (AvgIpc) is 3.29. The Kier molecular flexibility index (Phi) is 9.25. The molecule has 5 aliphatic rings. The smallest absolute Gasteiger partial charge is 0.321 e. The van der Waals surface area contributed by atoms with Crippen LogP contribution < -0.4 is 5.32 Å². The lowest BCUT2D eigenvalue weighted by atomic mass is 9.75. The molecular weight excluding hydrogens is 631 g/mol. The molecule has 0 aliphatic heterocycles. The van der Waals surface area contributed by atoms with Crippen molar-refractivity contribution in [3.63, 3.8) is 0 Å². The molecule has 39 heavy (non-hydrogen) atoms. The van der Waals surface area contributed by atoms with Crippen molar-refractivity contribution in [2.45, 2.75) is 68.1 Å². The van der Waals surface area contributed by atoms with Crippen molar-refractivity contribution in [2.24, 2.45) is 29.6 Å². The number of amides is 1. The summed E-state index contributed by atoms with van der Waals surface area (Å²) in [7, 11) is -2.65. The van der Waals surface area contributed by atoms with Gasteiger partial charge in [-0.05, 0) is 87.9 Å². The third kappa shape index (κ3) is 7.54. The van der Waals surface area contributed by atoms with E-state index in [2.05, 4.69) is 29.6 Å². The summed E-state index contributed by atoms with van der Waals surface area (Å²) in [6.07, 6.45) is 24.9. The van der Waals surface area contributed by atoms with Crippen LogP contribution in [0.4, 0.5) is 8.78 Å². The topological polar surface area (TPSA) is 69.6 Å². The highest BCUT2D eigenvalue weighted by molar-refractivity contribution is 14.1. The number of nitrogens with one attached hydrogen (secondary N) is 1. The Morgan fingerprint density at radius 3 is 2.64 bits per heavy atom. The molecule has 4 unspecified atom stereocenters. The molecule has 8 heteroatoms. The number of hydrogen-bond donors (Lipinski definition) is 3. The van der Waals surface area contributed by atoms with Gasteiger partial charge in [0.2, 0.25) is 0 Å². The fourth-order valence-corrected chi connectivity index (χ4v) is 9.28. The molecule has 5 rings (SSSR count). The first-order chi connectivity index (χ1) is 18.6. The minimum Gasteiger partial charge on any atom is -0.326 e. The second-order valence-electron chi connectivity index (χ2n) is 11.9. The zero-order chi connectivity index (χ0) is 27.6. The van der Waals surface area contributed by atoms with E-state index in [4.69, 9.17) is 0 Å². The van der Waals surface area contributed by atoms with E-state index in [1.54, 1.807) is 6.08 Å². The van der Waals surface area contributed by atoms with Gasteiger partial charge < -0.3 is 5.32 Å². The van der Waals surface area contributed by atoms with Crippen molar-refractivity contribution in [3.8, 4) is 0 Å². The normalized spacial score (nSPS) is 31.6. The van der Waals surface area contributed by atoms with Crippen molar-refractivity contribution in [2.75, 3.05) is 11.5 Å². The van der Waals surface area contributed by atoms with Crippen molar-refractivity contribution in [3.05, 3.63) is 71.0 Å². The van der Waals surface area contributed by atoms with E-state index < -0.39 is 14.5 Å². The molecule has 0 aromatic heterocycles. The van der Waals surface area contributed by atoms with Gasteiger partial charge in [-0.3, -0.25) is 13.9 Å². The van der Waals surface area contributed by atoms with Gasteiger partial charge in [0.25, 0.3) is 5.91 Å². The van der Waals surface area contributed by atoms with Crippen LogP contribution in [0.3, 0.4) is 0 Å².